The molecule has 0 amide bonds. The summed E-state index contributed by atoms with van der Waals surface area (Å²) >= 11 is 0. The van der Waals surface area contributed by atoms with Crippen molar-refractivity contribution in [2.45, 2.75) is 32.5 Å². The van der Waals surface area contributed by atoms with Crippen LogP contribution < -0.4 is 10.6 Å². The van der Waals surface area contributed by atoms with Crippen LogP contribution in [0.3, 0.4) is 0 Å². The maximum atomic E-state index is 13.7. The molecule has 9 heteroatoms. The molecule has 4 nitrogen and oxygen atoms in total. The van der Waals surface area contributed by atoms with Gasteiger partial charge in [-0.05, 0) is 32.9 Å². The van der Waals surface area contributed by atoms with Gasteiger partial charge in [0.2, 0.25) is 5.95 Å². The van der Waals surface area contributed by atoms with Crippen LogP contribution in [0, 0.1) is 11.6 Å². The number of aromatic nitrogens is 2. The summed E-state index contributed by atoms with van der Waals surface area (Å²) in [4.78, 5) is 7.32. The van der Waals surface area contributed by atoms with E-state index in [1.807, 2.05) is 0 Å². The zero-order chi connectivity index (χ0) is 18.1. The van der Waals surface area contributed by atoms with E-state index in [9.17, 15) is 22.0 Å². The highest BCUT2D eigenvalue weighted by Gasteiger charge is 2.34. The number of anilines is 3. The van der Waals surface area contributed by atoms with Crippen LogP contribution in [-0.2, 0) is 6.18 Å². The lowest BCUT2D eigenvalue weighted by molar-refractivity contribution is -0.141. The minimum absolute atomic E-state index is 0.204. The fourth-order valence-electron chi connectivity index (χ4n) is 1.78. The maximum absolute atomic E-state index is 13.7. The first-order chi connectivity index (χ1) is 10.9. The third-order valence-electron chi connectivity index (χ3n) is 2.70. The largest absolute Gasteiger partial charge is 0.433 e. The van der Waals surface area contributed by atoms with Crippen LogP contribution in [0.1, 0.15) is 26.5 Å². The van der Waals surface area contributed by atoms with Gasteiger partial charge in [0.25, 0.3) is 0 Å². The Hall–Kier alpha value is -2.45. The summed E-state index contributed by atoms with van der Waals surface area (Å²) in [6.07, 6.45) is -4.70. The summed E-state index contributed by atoms with van der Waals surface area (Å²) in [7, 11) is 0. The van der Waals surface area contributed by atoms with Gasteiger partial charge in [0.05, 0.1) is 5.69 Å². The van der Waals surface area contributed by atoms with Crippen molar-refractivity contribution < 1.29 is 22.0 Å². The second kappa shape index (κ2) is 6.21. The Labute approximate surface area is 135 Å². The lowest BCUT2D eigenvalue weighted by Crippen LogP contribution is -2.28. The summed E-state index contributed by atoms with van der Waals surface area (Å²) < 4.78 is 65.5. The van der Waals surface area contributed by atoms with Gasteiger partial charge in [-0.15, -0.1) is 0 Å². The van der Waals surface area contributed by atoms with Crippen LogP contribution in [0.15, 0.2) is 24.3 Å². The first kappa shape index (κ1) is 17.9. The van der Waals surface area contributed by atoms with Crippen LogP contribution in [0.25, 0.3) is 0 Å². The molecule has 1 aromatic carbocycles. The topological polar surface area (TPSA) is 49.8 Å². The Balaban J connectivity index is 2.42. The first-order valence-electron chi connectivity index (χ1n) is 6.90. The second-order valence-corrected chi connectivity index (χ2v) is 6.08. The molecule has 0 aliphatic heterocycles. The average Bonchev–Trinajstić information content (AvgIpc) is 2.39. The third-order valence-corrected chi connectivity index (χ3v) is 2.70. The highest BCUT2D eigenvalue weighted by atomic mass is 19.4. The number of nitrogens with zero attached hydrogens (tertiary/aromatic N) is 2. The molecular weight excluding hydrogens is 331 g/mol. The van der Waals surface area contributed by atoms with Crippen molar-refractivity contribution in [1.82, 2.24) is 9.97 Å². The number of nitrogens with one attached hydrogen (secondary N) is 2. The highest BCUT2D eigenvalue weighted by molar-refractivity contribution is 5.58. The molecule has 24 heavy (non-hydrogen) atoms. The molecule has 2 aromatic rings. The van der Waals surface area contributed by atoms with Crippen LogP contribution in [0.4, 0.5) is 39.4 Å². The quantitative estimate of drug-likeness (QED) is 0.789. The maximum Gasteiger partial charge on any atom is 0.433 e. The molecule has 0 spiro atoms. The molecule has 0 aliphatic rings. The molecule has 0 fully saturated rings. The van der Waals surface area contributed by atoms with Gasteiger partial charge in [0, 0.05) is 17.7 Å². The molecule has 0 atom stereocenters. The molecule has 0 radical (unpaired) electrons. The van der Waals surface area contributed by atoms with E-state index < -0.39 is 29.0 Å². The first-order valence-corrected chi connectivity index (χ1v) is 6.90. The average molecular weight is 346 g/mol. The zero-order valence-corrected chi connectivity index (χ0v) is 13.1. The Bertz CT molecular complexity index is 738. The van der Waals surface area contributed by atoms with Crippen molar-refractivity contribution in [1.29, 1.82) is 0 Å². The molecular formula is C15H15F5N4. The number of hydrogen-bond acceptors (Lipinski definition) is 4. The molecule has 0 unspecified atom stereocenters. The summed E-state index contributed by atoms with van der Waals surface area (Å²) in [5, 5.41) is 5.13. The minimum atomic E-state index is -4.70. The standard InChI is InChI=1S/C15H15F5N4/c1-14(2,3)24-13-22-11(15(18,19)20)7-12(23-13)21-10-5-4-8(16)6-9(10)17/h4-7H,1-3H3,(H2,21,22,23,24). The third kappa shape index (κ3) is 4.77. The molecule has 130 valence electrons. The van der Waals surface area contributed by atoms with Crippen molar-refractivity contribution in [2.24, 2.45) is 0 Å². The van der Waals surface area contributed by atoms with E-state index in [-0.39, 0.29) is 17.5 Å². The van der Waals surface area contributed by atoms with Crippen molar-refractivity contribution in [3.8, 4) is 0 Å². The molecule has 0 bridgehead atoms. The van der Waals surface area contributed by atoms with Gasteiger partial charge in [0.15, 0.2) is 5.69 Å². The number of hydrogen-bond donors (Lipinski definition) is 2. The Kier molecular flexibility index (Phi) is 4.63. The fourth-order valence-corrected chi connectivity index (χ4v) is 1.78. The monoisotopic (exact) mass is 346 g/mol. The van der Waals surface area contributed by atoms with Crippen LogP contribution in [0.2, 0.25) is 0 Å². The normalized spacial score (nSPS) is 12.2. The molecule has 0 saturated heterocycles. The summed E-state index contributed by atoms with van der Waals surface area (Å²) in [6, 6.07) is 3.31. The highest BCUT2D eigenvalue weighted by Crippen LogP contribution is 2.31. The van der Waals surface area contributed by atoms with Gasteiger partial charge >= 0.3 is 6.18 Å². The van der Waals surface area contributed by atoms with E-state index in [4.69, 9.17) is 0 Å². The predicted molar refractivity (Wildman–Crippen MR) is 80.1 cm³/mol. The smallest absolute Gasteiger partial charge is 0.350 e. The zero-order valence-electron chi connectivity index (χ0n) is 13.1. The van der Waals surface area contributed by atoms with Gasteiger partial charge < -0.3 is 10.6 Å². The van der Waals surface area contributed by atoms with E-state index in [2.05, 4.69) is 20.6 Å². The molecule has 1 aromatic heterocycles. The van der Waals surface area contributed by atoms with Crippen molar-refractivity contribution in [3.63, 3.8) is 0 Å². The van der Waals surface area contributed by atoms with Crippen LogP contribution in [-0.4, -0.2) is 15.5 Å². The van der Waals surface area contributed by atoms with Crippen molar-refractivity contribution in [3.05, 3.63) is 41.6 Å². The number of alkyl halides is 3. The summed E-state index contributed by atoms with van der Waals surface area (Å²) in [5.41, 5.74) is -1.97. The van der Waals surface area contributed by atoms with Gasteiger partial charge in [0.1, 0.15) is 17.5 Å². The fraction of sp³-hybridized carbons (Fsp3) is 0.333. The second-order valence-electron chi connectivity index (χ2n) is 6.08. The SMILES string of the molecule is CC(C)(C)Nc1nc(Nc2ccc(F)cc2F)cc(C(F)(F)F)n1. The predicted octanol–water partition coefficient (Wildman–Crippen LogP) is 4.73. The lowest BCUT2D eigenvalue weighted by atomic mass is 10.1. The van der Waals surface area contributed by atoms with Crippen molar-refractivity contribution >= 4 is 17.5 Å². The van der Waals surface area contributed by atoms with Gasteiger partial charge in [-0.25, -0.2) is 13.8 Å². The molecule has 2 rings (SSSR count). The van der Waals surface area contributed by atoms with E-state index in [0.29, 0.717) is 12.1 Å². The van der Waals surface area contributed by atoms with Crippen LogP contribution >= 0.6 is 0 Å². The van der Waals surface area contributed by atoms with E-state index >= 15 is 0 Å². The lowest BCUT2D eigenvalue weighted by Gasteiger charge is -2.21. The Morgan fingerprint density at radius 3 is 2.17 bits per heavy atom. The van der Waals surface area contributed by atoms with Gasteiger partial charge in [-0.3, -0.25) is 0 Å². The van der Waals surface area contributed by atoms with E-state index in [1.165, 1.54) is 0 Å². The van der Waals surface area contributed by atoms with Gasteiger partial charge in [-0.2, -0.15) is 18.2 Å². The van der Waals surface area contributed by atoms with Crippen molar-refractivity contribution in [2.75, 3.05) is 10.6 Å². The van der Waals surface area contributed by atoms with Crippen LogP contribution in [0.5, 0.6) is 0 Å². The minimum Gasteiger partial charge on any atom is -0.350 e. The molecule has 2 N–H and O–H groups in total. The number of halogens is 5. The molecule has 0 aliphatic carbocycles. The molecule has 0 saturated carbocycles. The number of rotatable bonds is 3. The van der Waals surface area contributed by atoms with Gasteiger partial charge in [-0.1, -0.05) is 0 Å². The van der Waals surface area contributed by atoms with E-state index in [1.54, 1.807) is 20.8 Å². The Morgan fingerprint density at radius 2 is 1.62 bits per heavy atom. The molecule has 1 heterocycles. The van der Waals surface area contributed by atoms with E-state index in [0.717, 1.165) is 12.1 Å². The number of benzene rings is 1. The summed E-state index contributed by atoms with van der Waals surface area (Å²) in [6.45, 7) is 5.18. The summed E-state index contributed by atoms with van der Waals surface area (Å²) in [5.74, 6) is -2.28. The Morgan fingerprint density at radius 1 is 0.958 bits per heavy atom.